The molecular weight excluding hydrogens is 238 g/mol. The Bertz CT molecular complexity index is 521. The van der Waals surface area contributed by atoms with E-state index in [1.54, 1.807) is 0 Å². The largest absolute Gasteiger partial charge is 0.493 e. The van der Waals surface area contributed by atoms with E-state index >= 15 is 0 Å². The highest BCUT2D eigenvalue weighted by Crippen LogP contribution is 2.27. The number of carbonyl (C=O) groups excluding carboxylic acids is 1. The summed E-state index contributed by atoms with van der Waals surface area (Å²) in [4.78, 5) is 12.1. The lowest BCUT2D eigenvalue weighted by Gasteiger charge is -2.08. The maximum Gasteiger partial charge on any atom is 0.140 e. The molecule has 3 rings (SSSR count). The maximum atomic E-state index is 12.1. The van der Waals surface area contributed by atoms with Gasteiger partial charge < -0.3 is 10.5 Å². The number of aryl methyl sites for hydroxylation is 1. The Morgan fingerprint density at radius 3 is 3.05 bits per heavy atom. The fourth-order valence-corrected chi connectivity index (χ4v) is 2.81. The van der Waals surface area contributed by atoms with Crippen LogP contribution in [0.4, 0.5) is 0 Å². The zero-order chi connectivity index (χ0) is 13.2. The highest BCUT2D eigenvalue weighted by Gasteiger charge is 2.22. The van der Waals surface area contributed by atoms with E-state index in [1.807, 2.05) is 18.2 Å². The van der Waals surface area contributed by atoms with Crippen LogP contribution in [-0.2, 0) is 17.6 Å². The summed E-state index contributed by atoms with van der Waals surface area (Å²) in [6.45, 7) is 0.780. The normalized spacial score (nSPS) is 24.3. The van der Waals surface area contributed by atoms with Crippen LogP contribution in [0.15, 0.2) is 30.4 Å². The van der Waals surface area contributed by atoms with Gasteiger partial charge in [-0.2, -0.15) is 0 Å². The number of nitrogens with two attached hydrogens (primary N) is 1. The number of hydrogen-bond acceptors (Lipinski definition) is 3. The molecule has 0 amide bonds. The van der Waals surface area contributed by atoms with E-state index in [0.717, 1.165) is 31.6 Å². The predicted molar refractivity (Wildman–Crippen MR) is 74.2 cm³/mol. The molecular formula is C16H19NO2. The summed E-state index contributed by atoms with van der Waals surface area (Å²) >= 11 is 0. The Labute approximate surface area is 113 Å². The third-order valence-corrected chi connectivity index (χ3v) is 3.94. The van der Waals surface area contributed by atoms with Gasteiger partial charge in [-0.15, -0.1) is 0 Å². The van der Waals surface area contributed by atoms with Gasteiger partial charge in [-0.3, -0.25) is 4.79 Å². The molecule has 1 aromatic carbocycles. The smallest absolute Gasteiger partial charge is 0.140 e. The lowest BCUT2D eigenvalue weighted by Crippen LogP contribution is -2.19. The minimum atomic E-state index is 0.0350. The fourth-order valence-electron chi connectivity index (χ4n) is 2.81. The summed E-state index contributed by atoms with van der Waals surface area (Å²) in [6.07, 6.45) is 7.07. The molecule has 0 aromatic heterocycles. The molecule has 2 unspecified atom stereocenters. The van der Waals surface area contributed by atoms with Crippen LogP contribution < -0.4 is 10.5 Å². The number of benzene rings is 1. The third kappa shape index (κ3) is 2.71. The molecule has 100 valence electrons. The molecule has 2 N–H and O–H groups in total. The van der Waals surface area contributed by atoms with Crippen molar-refractivity contribution in [2.45, 2.75) is 31.7 Å². The second-order valence-corrected chi connectivity index (χ2v) is 5.40. The highest BCUT2D eigenvalue weighted by molar-refractivity contribution is 5.83. The first-order valence-corrected chi connectivity index (χ1v) is 6.93. The summed E-state index contributed by atoms with van der Waals surface area (Å²) < 4.78 is 5.48. The van der Waals surface area contributed by atoms with Crippen molar-refractivity contribution >= 4 is 5.78 Å². The van der Waals surface area contributed by atoms with Crippen molar-refractivity contribution in [3.63, 3.8) is 0 Å². The predicted octanol–water partition coefficient (Wildman–Crippen LogP) is 2.03. The molecule has 0 radical (unpaired) electrons. The van der Waals surface area contributed by atoms with Gasteiger partial charge in [0.2, 0.25) is 0 Å². The molecule has 1 aliphatic carbocycles. The molecule has 0 saturated heterocycles. The van der Waals surface area contributed by atoms with Gasteiger partial charge in [0.1, 0.15) is 11.5 Å². The first-order chi connectivity index (χ1) is 9.22. The summed E-state index contributed by atoms with van der Waals surface area (Å²) in [5.41, 5.74) is 8.28. The lowest BCUT2D eigenvalue weighted by atomic mass is 9.96. The molecule has 0 fully saturated rings. The van der Waals surface area contributed by atoms with Crippen molar-refractivity contribution < 1.29 is 9.53 Å². The maximum absolute atomic E-state index is 12.1. The van der Waals surface area contributed by atoms with Crippen LogP contribution in [0.25, 0.3) is 0 Å². The zero-order valence-electron chi connectivity index (χ0n) is 11.0. The number of Topliss-reactive ketones (excluding diaryl/α,β-unsaturated/α-hetero) is 1. The SMILES string of the molecule is NC1C=CC(C(=O)CCc2ccc3c(c2)CCO3)C1. The van der Waals surface area contributed by atoms with Gasteiger partial charge in [-0.05, 0) is 30.0 Å². The topological polar surface area (TPSA) is 52.3 Å². The molecule has 1 heterocycles. The fraction of sp³-hybridized carbons (Fsp3) is 0.438. The summed E-state index contributed by atoms with van der Waals surface area (Å²) in [5.74, 6) is 1.34. The average molecular weight is 257 g/mol. The molecule has 0 bridgehead atoms. The van der Waals surface area contributed by atoms with Crippen molar-refractivity contribution in [3.8, 4) is 5.75 Å². The molecule has 3 nitrogen and oxygen atoms in total. The highest BCUT2D eigenvalue weighted by atomic mass is 16.5. The van der Waals surface area contributed by atoms with Crippen molar-refractivity contribution in [2.75, 3.05) is 6.61 Å². The van der Waals surface area contributed by atoms with Crippen LogP contribution in [-0.4, -0.2) is 18.4 Å². The van der Waals surface area contributed by atoms with Gasteiger partial charge >= 0.3 is 0 Å². The standard InChI is InChI=1S/C16H19NO2/c17-14-4-3-12(10-14)15(18)5-1-11-2-6-16-13(9-11)7-8-19-16/h2-4,6,9,12,14H,1,5,7-8,10,17H2. The van der Waals surface area contributed by atoms with Crippen molar-refractivity contribution in [1.29, 1.82) is 0 Å². The Morgan fingerprint density at radius 1 is 1.37 bits per heavy atom. The van der Waals surface area contributed by atoms with E-state index in [2.05, 4.69) is 12.1 Å². The van der Waals surface area contributed by atoms with Gasteiger partial charge in [0, 0.05) is 24.8 Å². The van der Waals surface area contributed by atoms with Crippen LogP contribution in [0.1, 0.15) is 24.0 Å². The first-order valence-electron chi connectivity index (χ1n) is 6.93. The van der Waals surface area contributed by atoms with Gasteiger partial charge in [0.15, 0.2) is 0 Å². The quantitative estimate of drug-likeness (QED) is 0.840. The lowest BCUT2D eigenvalue weighted by molar-refractivity contribution is -0.121. The van der Waals surface area contributed by atoms with Gasteiger partial charge in [0.05, 0.1) is 6.61 Å². The van der Waals surface area contributed by atoms with E-state index in [9.17, 15) is 4.79 Å². The van der Waals surface area contributed by atoms with E-state index in [0.29, 0.717) is 12.2 Å². The first kappa shape index (κ1) is 12.4. The number of ether oxygens (including phenoxy) is 1. The average Bonchev–Trinajstić information content (AvgIpc) is 3.03. The molecule has 2 aliphatic rings. The molecule has 2 atom stereocenters. The van der Waals surface area contributed by atoms with E-state index < -0.39 is 0 Å². The molecule has 3 heteroatoms. The minimum absolute atomic E-state index is 0.0350. The molecule has 0 spiro atoms. The van der Waals surface area contributed by atoms with Crippen LogP contribution in [0.2, 0.25) is 0 Å². The molecule has 0 saturated carbocycles. The van der Waals surface area contributed by atoms with Gasteiger partial charge in [-0.25, -0.2) is 0 Å². The van der Waals surface area contributed by atoms with Crippen molar-refractivity contribution in [3.05, 3.63) is 41.5 Å². The minimum Gasteiger partial charge on any atom is -0.493 e. The molecule has 1 aliphatic heterocycles. The Hall–Kier alpha value is -1.61. The van der Waals surface area contributed by atoms with E-state index in [1.165, 1.54) is 11.1 Å². The van der Waals surface area contributed by atoms with Crippen LogP contribution >= 0.6 is 0 Å². The van der Waals surface area contributed by atoms with Crippen LogP contribution in [0, 0.1) is 5.92 Å². The second-order valence-electron chi connectivity index (χ2n) is 5.40. The Kier molecular flexibility index (Phi) is 3.38. The second kappa shape index (κ2) is 5.17. The Balaban J connectivity index is 1.57. The third-order valence-electron chi connectivity index (χ3n) is 3.94. The van der Waals surface area contributed by atoms with Gasteiger partial charge in [0.25, 0.3) is 0 Å². The zero-order valence-corrected chi connectivity index (χ0v) is 11.0. The van der Waals surface area contributed by atoms with Gasteiger partial charge in [-0.1, -0.05) is 24.3 Å². The van der Waals surface area contributed by atoms with E-state index in [-0.39, 0.29) is 12.0 Å². The van der Waals surface area contributed by atoms with Crippen LogP contribution in [0.3, 0.4) is 0 Å². The number of hydrogen-bond donors (Lipinski definition) is 1. The van der Waals surface area contributed by atoms with Crippen molar-refractivity contribution in [1.82, 2.24) is 0 Å². The molecule has 19 heavy (non-hydrogen) atoms. The summed E-state index contributed by atoms with van der Waals surface area (Å²) in [6, 6.07) is 6.32. The Morgan fingerprint density at radius 2 is 2.26 bits per heavy atom. The van der Waals surface area contributed by atoms with Crippen molar-refractivity contribution in [2.24, 2.45) is 11.7 Å². The van der Waals surface area contributed by atoms with E-state index in [4.69, 9.17) is 10.5 Å². The summed E-state index contributed by atoms with van der Waals surface area (Å²) in [7, 11) is 0. The number of allylic oxidation sites excluding steroid dienone is 1. The summed E-state index contributed by atoms with van der Waals surface area (Å²) in [5, 5.41) is 0. The molecule has 1 aromatic rings. The number of ketones is 1. The monoisotopic (exact) mass is 257 g/mol. The van der Waals surface area contributed by atoms with Crippen LogP contribution in [0.5, 0.6) is 5.75 Å². The number of carbonyl (C=O) groups is 1. The number of fused-ring (bicyclic) bond motifs is 1. The number of rotatable bonds is 4.